The first-order valence-corrected chi connectivity index (χ1v) is 10.2. The largest absolute Gasteiger partial charge is 0.489 e. The van der Waals surface area contributed by atoms with Crippen molar-refractivity contribution < 1.29 is 9.53 Å². The van der Waals surface area contributed by atoms with Crippen LogP contribution >= 0.6 is 0 Å². The maximum Gasteiger partial charge on any atom is 0.255 e. The zero-order valence-electron chi connectivity index (χ0n) is 17.7. The van der Waals surface area contributed by atoms with Crippen LogP contribution in [0, 0.1) is 13.8 Å². The normalized spacial score (nSPS) is 10.6. The summed E-state index contributed by atoms with van der Waals surface area (Å²) in [5.74, 6) is 1.47. The smallest absolute Gasteiger partial charge is 0.255 e. The third kappa shape index (κ3) is 5.39. The van der Waals surface area contributed by atoms with Gasteiger partial charge in [-0.1, -0.05) is 48.0 Å². The molecule has 0 saturated heterocycles. The number of ether oxygens (including phenoxy) is 1. The van der Waals surface area contributed by atoms with Gasteiger partial charge >= 0.3 is 0 Å². The van der Waals surface area contributed by atoms with Gasteiger partial charge in [0.1, 0.15) is 18.2 Å². The first kappa shape index (κ1) is 20.4. The Kier molecular flexibility index (Phi) is 6.13. The van der Waals surface area contributed by atoms with Crippen molar-refractivity contribution in [3.63, 3.8) is 0 Å². The number of rotatable bonds is 7. The number of aryl methyl sites for hydroxylation is 2. The molecule has 0 aliphatic rings. The van der Waals surface area contributed by atoms with Crippen LogP contribution in [0.15, 0.2) is 85.2 Å². The minimum atomic E-state index is -0.167. The zero-order chi connectivity index (χ0) is 21.6. The Morgan fingerprint density at radius 2 is 1.77 bits per heavy atom. The molecule has 156 valence electrons. The Balaban J connectivity index is 1.37. The summed E-state index contributed by atoms with van der Waals surface area (Å²) in [6, 6.07) is 23.3. The summed E-state index contributed by atoms with van der Waals surface area (Å²) >= 11 is 0. The fourth-order valence-corrected chi connectivity index (χ4v) is 3.36. The molecule has 0 bridgehead atoms. The number of amides is 1. The highest BCUT2D eigenvalue weighted by Gasteiger charge is 2.08. The van der Waals surface area contributed by atoms with E-state index in [0.29, 0.717) is 17.9 Å². The molecule has 0 atom stereocenters. The number of hydrogen-bond acceptors (Lipinski definition) is 3. The molecule has 0 radical (unpaired) electrons. The molecule has 0 spiro atoms. The minimum absolute atomic E-state index is 0.167. The number of nitrogens with one attached hydrogen (secondary N) is 1. The number of carbonyl (C=O) groups is 1. The van der Waals surface area contributed by atoms with Crippen LogP contribution in [0.25, 0.3) is 0 Å². The third-order valence-corrected chi connectivity index (χ3v) is 5.07. The van der Waals surface area contributed by atoms with Gasteiger partial charge in [0.25, 0.3) is 5.91 Å². The third-order valence-electron chi connectivity index (χ3n) is 5.07. The van der Waals surface area contributed by atoms with E-state index in [1.54, 1.807) is 18.3 Å². The molecule has 1 N–H and O–H groups in total. The van der Waals surface area contributed by atoms with Gasteiger partial charge in [-0.15, -0.1) is 0 Å². The van der Waals surface area contributed by atoms with Crippen molar-refractivity contribution in [2.24, 2.45) is 0 Å². The Morgan fingerprint density at radius 1 is 0.968 bits per heavy atom. The van der Waals surface area contributed by atoms with Crippen LogP contribution in [0.5, 0.6) is 5.75 Å². The highest BCUT2D eigenvalue weighted by atomic mass is 16.5. The Labute approximate surface area is 182 Å². The van der Waals surface area contributed by atoms with Crippen LogP contribution in [-0.2, 0) is 13.2 Å². The molecule has 0 unspecified atom stereocenters. The molecule has 1 heterocycles. The van der Waals surface area contributed by atoms with Crippen molar-refractivity contribution in [3.05, 3.63) is 113 Å². The van der Waals surface area contributed by atoms with Gasteiger partial charge in [-0.2, -0.15) is 0 Å². The lowest BCUT2D eigenvalue weighted by molar-refractivity contribution is 0.102. The molecule has 0 aliphatic carbocycles. The van der Waals surface area contributed by atoms with Gasteiger partial charge in [0, 0.05) is 30.2 Å². The van der Waals surface area contributed by atoms with Crippen molar-refractivity contribution in [2.45, 2.75) is 27.0 Å². The van der Waals surface area contributed by atoms with Gasteiger partial charge in [-0.3, -0.25) is 4.79 Å². The molecule has 1 aromatic heterocycles. The molecule has 0 saturated carbocycles. The number of carbonyl (C=O) groups excluding carboxylic acids is 1. The standard InChI is InChI=1S/C26H25N3O2/c1-19-5-3-6-22(15-19)18-31-25-8-4-7-23(16-25)26(30)28-24-11-9-21(10-12-24)17-29-14-13-27-20(29)2/h3-16H,17-18H2,1-2H3,(H,28,30). The van der Waals surface area contributed by atoms with Crippen LogP contribution in [0.2, 0.25) is 0 Å². The van der Waals surface area contributed by atoms with Crippen molar-refractivity contribution >= 4 is 11.6 Å². The second kappa shape index (κ2) is 9.30. The summed E-state index contributed by atoms with van der Waals surface area (Å²) in [5, 5.41) is 2.95. The molecule has 1 amide bonds. The van der Waals surface area contributed by atoms with E-state index >= 15 is 0 Å². The molecule has 3 aromatic carbocycles. The second-order valence-electron chi connectivity index (χ2n) is 7.56. The van der Waals surface area contributed by atoms with Gasteiger partial charge in [0.05, 0.1) is 0 Å². The number of aromatic nitrogens is 2. The SMILES string of the molecule is Cc1cccc(COc2cccc(C(=O)Nc3ccc(Cn4ccnc4C)cc3)c2)c1. The van der Waals surface area contributed by atoms with E-state index in [2.05, 4.69) is 33.9 Å². The summed E-state index contributed by atoms with van der Waals surface area (Å²) in [7, 11) is 0. The lowest BCUT2D eigenvalue weighted by Gasteiger charge is -2.10. The van der Waals surface area contributed by atoms with Gasteiger partial charge in [-0.05, 0) is 55.3 Å². The summed E-state index contributed by atoms with van der Waals surface area (Å²) in [6.07, 6.45) is 3.75. The number of anilines is 1. The van der Waals surface area contributed by atoms with Crippen LogP contribution in [0.3, 0.4) is 0 Å². The number of benzene rings is 3. The molecular weight excluding hydrogens is 386 g/mol. The van der Waals surface area contributed by atoms with Gasteiger partial charge < -0.3 is 14.6 Å². The maximum absolute atomic E-state index is 12.7. The van der Waals surface area contributed by atoms with E-state index in [1.807, 2.05) is 61.7 Å². The van der Waals surface area contributed by atoms with Crippen molar-refractivity contribution in [2.75, 3.05) is 5.32 Å². The van der Waals surface area contributed by atoms with E-state index in [9.17, 15) is 4.79 Å². The van der Waals surface area contributed by atoms with Crippen molar-refractivity contribution in [3.8, 4) is 5.75 Å². The molecule has 0 aliphatic heterocycles. The van der Waals surface area contributed by atoms with Gasteiger partial charge in [0.15, 0.2) is 0 Å². The fraction of sp³-hybridized carbons (Fsp3) is 0.154. The lowest BCUT2D eigenvalue weighted by Crippen LogP contribution is -2.12. The van der Waals surface area contributed by atoms with Crippen molar-refractivity contribution in [1.29, 1.82) is 0 Å². The van der Waals surface area contributed by atoms with Crippen LogP contribution in [-0.4, -0.2) is 15.5 Å². The first-order valence-electron chi connectivity index (χ1n) is 10.2. The predicted octanol–water partition coefficient (Wildman–Crippen LogP) is 5.38. The molecule has 4 aromatic rings. The van der Waals surface area contributed by atoms with Crippen molar-refractivity contribution in [1.82, 2.24) is 9.55 Å². The Morgan fingerprint density at radius 3 is 2.52 bits per heavy atom. The van der Waals surface area contributed by atoms with E-state index < -0.39 is 0 Å². The Hall–Kier alpha value is -3.86. The van der Waals surface area contributed by atoms with Crippen LogP contribution in [0.4, 0.5) is 5.69 Å². The highest BCUT2D eigenvalue weighted by Crippen LogP contribution is 2.18. The molecule has 5 nitrogen and oxygen atoms in total. The fourth-order valence-electron chi connectivity index (χ4n) is 3.36. The van der Waals surface area contributed by atoms with Crippen LogP contribution < -0.4 is 10.1 Å². The monoisotopic (exact) mass is 411 g/mol. The molecule has 4 rings (SSSR count). The molecule has 0 fully saturated rings. The van der Waals surface area contributed by atoms with E-state index in [0.717, 1.165) is 29.2 Å². The van der Waals surface area contributed by atoms with E-state index in [4.69, 9.17) is 4.74 Å². The summed E-state index contributed by atoms with van der Waals surface area (Å²) in [4.78, 5) is 16.9. The predicted molar refractivity (Wildman–Crippen MR) is 122 cm³/mol. The average molecular weight is 412 g/mol. The molecular formula is C26H25N3O2. The Bertz CT molecular complexity index is 1180. The highest BCUT2D eigenvalue weighted by molar-refractivity contribution is 6.04. The summed E-state index contributed by atoms with van der Waals surface area (Å²) < 4.78 is 7.96. The number of nitrogens with zero attached hydrogens (tertiary/aromatic N) is 2. The first-order chi connectivity index (χ1) is 15.1. The summed E-state index contributed by atoms with van der Waals surface area (Å²) in [6.45, 7) is 5.25. The zero-order valence-corrected chi connectivity index (χ0v) is 17.7. The lowest BCUT2D eigenvalue weighted by atomic mass is 10.1. The average Bonchev–Trinajstić information content (AvgIpc) is 3.18. The van der Waals surface area contributed by atoms with E-state index in [1.165, 1.54) is 5.56 Å². The molecule has 5 heteroatoms. The quantitative estimate of drug-likeness (QED) is 0.444. The van der Waals surface area contributed by atoms with Gasteiger partial charge in [-0.25, -0.2) is 4.98 Å². The molecule has 31 heavy (non-hydrogen) atoms. The topological polar surface area (TPSA) is 56.1 Å². The maximum atomic E-state index is 12.7. The van der Waals surface area contributed by atoms with Crippen LogP contribution in [0.1, 0.15) is 32.9 Å². The number of imidazole rings is 1. The minimum Gasteiger partial charge on any atom is -0.489 e. The van der Waals surface area contributed by atoms with E-state index in [-0.39, 0.29) is 5.91 Å². The second-order valence-corrected chi connectivity index (χ2v) is 7.56. The number of hydrogen-bond donors (Lipinski definition) is 1. The summed E-state index contributed by atoms with van der Waals surface area (Å²) in [5.41, 5.74) is 4.74. The van der Waals surface area contributed by atoms with Gasteiger partial charge in [0.2, 0.25) is 0 Å².